The maximum Gasteiger partial charge on any atom is 0.241 e. The lowest BCUT2D eigenvalue weighted by Gasteiger charge is -2.09. The summed E-state index contributed by atoms with van der Waals surface area (Å²) in [7, 11) is -3.46. The Labute approximate surface area is 116 Å². The Kier molecular flexibility index (Phi) is 4.11. The molecule has 2 rings (SSSR count). The van der Waals surface area contributed by atoms with Crippen LogP contribution in [0.5, 0.6) is 0 Å². The summed E-state index contributed by atoms with van der Waals surface area (Å²) in [6.07, 6.45) is 1.95. The Morgan fingerprint density at radius 2 is 2.22 bits per heavy atom. The van der Waals surface area contributed by atoms with E-state index in [0.29, 0.717) is 16.9 Å². The van der Waals surface area contributed by atoms with Gasteiger partial charge in [0.15, 0.2) is 0 Å². The molecule has 0 aliphatic heterocycles. The van der Waals surface area contributed by atoms with Crippen LogP contribution < -0.4 is 10.5 Å². The highest BCUT2D eigenvalue weighted by Gasteiger charge is 2.39. The third-order valence-corrected chi connectivity index (χ3v) is 5.76. The number of rotatable bonds is 5. The predicted molar refractivity (Wildman–Crippen MR) is 74.5 cm³/mol. The topological polar surface area (TPSA) is 72.2 Å². The smallest absolute Gasteiger partial charge is 0.241 e. The van der Waals surface area contributed by atoms with Crippen LogP contribution >= 0.6 is 15.9 Å². The summed E-state index contributed by atoms with van der Waals surface area (Å²) in [5.74, 6) is 0.483. The Hall–Kier alpha value is -0.430. The molecule has 1 fully saturated rings. The van der Waals surface area contributed by atoms with Crippen molar-refractivity contribution in [3.05, 3.63) is 28.2 Å². The molecule has 2 unspecified atom stereocenters. The SMILES string of the molecule is CCC1CC1NS(=O)(=O)c1cc(CN)ccc1Br. The van der Waals surface area contributed by atoms with E-state index in [1.165, 1.54) is 0 Å². The van der Waals surface area contributed by atoms with Crippen LogP contribution in [0.2, 0.25) is 0 Å². The van der Waals surface area contributed by atoms with Gasteiger partial charge in [-0.15, -0.1) is 0 Å². The van der Waals surface area contributed by atoms with Gasteiger partial charge in [-0.3, -0.25) is 0 Å². The summed E-state index contributed by atoms with van der Waals surface area (Å²) in [5, 5.41) is 0. The van der Waals surface area contributed by atoms with Crippen molar-refractivity contribution >= 4 is 26.0 Å². The van der Waals surface area contributed by atoms with E-state index in [0.717, 1.165) is 18.4 Å². The van der Waals surface area contributed by atoms with E-state index < -0.39 is 10.0 Å². The molecule has 100 valence electrons. The molecule has 0 radical (unpaired) electrons. The second-order valence-corrected chi connectivity index (χ2v) is 7.14. The molecule has 0 aromatic heterocycles. The summed E-state index contributed by atoms with van der Waals surface area (Å²) < 4.78 is 27.8. The molecule has 2 atom stereocenters. The molecule has 0 heterocycles. The highest BCUT2D eigenvalue weighted by molar-refractivity contribution is 9.10. The molecule has 0 amide bonds. The Balaban J connectivity index is 2.24. The number of sulfonamides is 1. The van der Waals surface area contributed by atoms with Crippen molar-refractivity contribution in [1.29, 1.82) is 0 Å². The first-order valence-electron chi connectivity index (χ1n) is 5.98. The fraction of sp³-hybridized carbons (Fsp3) is 0.500. The molecule has 1 aromatic carbocycles. The lowest BCUT2D eigenvalue weighted by atomic mass is 10.2. The van der Waals surface area contributed by atoms with Crippen LogP contribution in [0.15, 0.2) is 27.6 Å². The minimum absolute atomic E-state index is 0.0911. The molecule has 6 heteroatoms. The minimum Gasteiger partial charge on any atom is -0.326 e. The molecule has 0 bridgehead atoms. The Morgan fingerprint density at radius 3 is 2.78 bits per heavy atom. The normalized spacial score (nSPS) is 23.1. The van der Waals surface area contributed by atoms with Crippen molar-refractivity contribution in [3.8, 4) is 0 Å². The van der Waals surface area contributed by atoms with E-state index in [9.17, 15) is 8.42 Å². The van der Waals surface area contributed by atoms with Crippen LogP contribution in [-0.2, 0) is 16.6 Å². The molecule has 0 spiro atoms. The number of hydrogen-bond acceptors (Lipinski definition) is 3. The average Bonchev–Trinajstić information content (AvgIpc) is 3.07. The molecule has 1 aromatic rings. The maximum atomic E-state index is 12.3. The second-order valence-electron chi connectivity index (χ2n) is 4.60. The highest BCUT2D eigenvalue weighted by Crippen LogP contribution is 2.35. The summed E-state index contributed by atoms with van der Waals surface area (Å²) in [6, 6.07) is 5.25. The van der Waals surface area contributed by atoms with Crippen LogP contribution in [0.25, 0.3) is 0 Å². The zero-order valence-electron chi connectivity index (χ0n) is 10.2. The number of halogens is 1. The third kappa shape index (κ3) is 2.93. The zero-order valence-corrected chi connectivity index (χ0v) is 12.6. The summed E-state index contributed by atoms with van der Waals surface area (Å²) in [5.41, 5.74) is 6.35. The lowest BCUT2D eigenvalue weighted by molar-refractivity contribution is 0.575. The quantitative estimate of drug-likeness (QED) is 0.865. The average molecular weight is 333 g/mol. The number of hydrogen-bond donors (Lipinski definition) is 2. The van der Waals surface area contributed by atoms with Crippen LogP contribution in [0, 0.1) is 5.92 Å². The van der Waals surface area contributed by atoms with Gasteiger partial charge in [0.25, 0.3) is 0 Å². The molecule has 18 heavy (non-hydrogen) atoms. The Morgan fingerprint density at radius 1 is 1.50 bits per heavy atom. The van der Waals surface area contributed by atoms with Crippen molar-refractivity contribution < 1.29 is 8.42 Å². The van der Waals surface area contributed by atoms with Gasteiger partial charge >= 0.3 is 0 Å². The van der Waals surface area contributed by atoms with Crippen molar-refractivity contribution in [2.45, 2.75) is 37.2 Å². The monoisotopic (exact) mass is 332 g/mol. The zero-order chi connectivity index (χ0) is 13.3. The standard InChI is InChI=1S/C12H17BrN2O2S/c1-2-9-6-11(9)15-18(16,17)12-5-8(7-14)3-4-10(12)13/h3-5,9,11,15H,2,6-7,14H2,1H3. The first-order valence-corrected chi connectivity index (χ1v) is 8.26. The van der Waals surface area contributed by atoms with Crippen LogP contribution in [0.1, 0.15) is 25.3 Å². The number of nitrogens with two attached hydrogens (primary N) is 1. The third-order valence-electron chi connectivity index (χ3n) is 3.27. The molecule has 1 saturated carbocycles. The van der Waals surface area contributed by atoms with Gasteiger partial charge in [0, 0.05) is 17.1 Å². The summed E-state index contributed by atoms with van der Waals surface area (Å²) in [6.45, 7) is 2.40. The van der Waals surface area contributed by atoms with Crippen molar-refractivity contribution in [3.63, 3.8) is 0 Å². The molecule has 4 nitrogen and oxygen atoms in total. The molecule has 1 aliphatic rings. The van der Waals surface area contributed by atoms with Crippen LogP contribution in [0.3, 0.4) is 0 Å². The number of benzene rings is 1. The van der Waals surface area contributed by atoms with Gasteiger partial charge in [0.1, 0.15) is 0 Å². The minimum atomic E-state index is -3.46. The van der Waals surface area contributed by atoms with E-state index in [1.807, 2.05) is 6.07 Å². The highest BCUT2D eigenvalue weighted by atomic mass is 79.9. The largest absolute Gasteiger partial charge is 0.326 e. The molecule has 0 saturated heterocycles. The van der Waals surface area contributed by atoms with Crippen LogP contribution in [0.4, 0.5) is 0 Å². The molecular weight excluding hydrogens is 316 g/mol. The summed E-state index contributed by atoms with van der Waals surface area (Å²) in [4.78, 5) is 0.271. The van der Waals surface area contributed by atoms with Crippen molar-refractivity contribution in [1.82, 2.24) is 4.72 Å². The fourth-order valence-electron chi connectivity index (χ4n) is 1.99. The van der Waals surface area contributed by atoms with E-state index in [2.05, 4.69) is 27.6 Å². The summed E-state index contributed by atoms with van der Waals surface area (Å²) >= 11 is 3.28. The molecular formula is C12H17BrN2O2S. The van der Waals surface area contributed by atoms with Crippen molar-refractivity contribution in [2.24, 2.45) is 11.7 Å². The van der Waals surface area contributed by atoms with E-state index in [1.54, 1.807) is 12.1 Å². The molecule has 3 N–H and O–H groups in total. The van der Waals surface area contributed by atoms with Gasteiger partial charge in [0.2, 0.25) is 10.0 Å². The number of nitrogens with one attached hydrogen (secondary N) is 1. The Bertz CT molecular complexity index is 545. The van der Waals surface area contributed by atoms with Gasteiger partial charge in [-0.25, -0.2) is 13.1 Å². The second kappa shape index (κ2) is 5.28. The fourth-order valence-corrected chi connectivity index (χ4v) is 4.32. The first-order chi connectivity index (χ1) is 8.47. The molecule has 1 aliphatic carbocycles. The predicted octanol–water partition coefficient (Wildman–Crippen LogP) is 1.98. The van der Waals surface area contributed by atoms with Gasteiger partial charge < -0.3 is 5.73 Å². The van der Waals surface area contributed by atoms with Gasteiger partial charge in [-0.2, -0.15) is 0 Å². The van der Waals surface area contributed by atoms with Gasteiger partial charge in [-0.05, 0) is 46.0 Å². The lowest BCUT2D eigenvalue weighted by Crippen LogP contribution is -2.27. The maximum absolute atomic E-state index is 12.3. The van der Waals surface area contributed by atoms with E-state index in [-0.39, 0.29) is 10.9 Å². The van der Waals surface area contributed by atoms with E-state index >= 15 is 0 Å². The first kappa shape index (κ1) is 14.0. The van der Waals surface area contributed by atoms with Crippen molar-refractivity contribution in [2.75, 3.05) is 0 Å². The van der Waals surface area contributed by atoms with Gasteiger partial charge in [-0.1, -0.05) is 19.4 Å². The van der Waals surface area contributed by atoms with E-state index in [4.69, 9.17) is 5.73 Å². The van der Waals surface area contributed by atoms with Gasteiger partial charge in [0.05, 0.1) is 4.90 Å². The van der Waals surface area contributed by atoms with Crippen LogP contribution in [-0.4, -0.2) is 14.5 Å².